The number of halogens is 1. The Kier molecular flexibility index (Phi) is 4.90. The van der Waals surface area contributed by atoms with Crippen molar-refractivity contribution in [2.75, 3.05) is 14.2 Å². The predicted molar refractivity (Wildman–Crippen MR) is 61.2 cm³/mol. The van der Waals surface area contributed by atoms with E-state index in [1.807, 2.05) is 0 Å². The van der Waals surface area contributed by atoms with Gasteiger partial charge in [-0.3, -0.25) is 4.79 Å². The Morgan fingerprint density at radius 2 is 2.29 bits per heavy atom. The topological polar surface area (TPSA) is 58.6 Å². The Hall–Kier alpha value is -1.62. The SMILES string of the molecule is CNC(=O)CCC(O)c1cc(F)ccc1OC. The van der Waals surface area contributed by atoms with Gasteiger partial charge in [0.25, 0.3) is 0 Å². The average molecular weight is 241 g/mol. The molecule has 1 unspecified atom stereocenters. The number of methoxy groups -OCH3 is 1. The van der Waals surface area contributed by atoms with Gasteiger partial charge in [-0.2, -0.15) is 0 Å². The van der Waals surface area contributed by atoms with Gasteiger partial charge in [0.05, 0.1) is 13.2 Å². The number of ether oxygens (including phenoxy) is 1. The number of benzene rings is 1. The zero-order valence-electron chi connectivity index (χ0n) is 9.87. The first kappa shape index (κ1) is 13.4. The maximum atomic E-state index is 13.1. The first-order chi connectivity index (χ1) is 8.08. The molecule has 0 aromatic heterocycles. The van der Waals surface area contributed by atoms with Crippen LogP contribution in [-0.4, -0.2) is 25.2 Å². The third-order valence-corrected chi connectivity index (χ3v) is 2.47. The van der Waals surface area contributed by atoms with Gasteiger partial charge < -0.3 is 15.2 Å². The fourth-order valence-electron chi connectivity index (χ4n) is 1.51. The predicted octanol–water partition coefficient (Wildman–Crippen LogP) is 1.39. The molecule has 0 spiro atoms. The highest BCUT2D eigenvalue weighted by molar-refractivity contribution is 5.75. The molecule has 17 heavy (non-hydrogen) atoms. The number of carbonyl (C=O) groups is 1. The van der Waals surface area contributed by atoms with E-state index in [-0.39, 0.29) is 18.7 Å². The summed E-state index contributed by atoms with van der Waals surface area (Å²) in [4.78, 5) is 11.0. The molecule has 1 aromatic rings. The molecule has 0 aliphatic rings. The molecule has 0 heterocycles. The summed E-state index contributed by atoms with van der Waals surface area (Å²) in [6.07, 6.45) is -0.519. The van der Waals surface area contributed by atoms with Crippen molar-refractivity contribution in [2.45, 2.75) is 18.9 Å². The van der Waals surface area contributed by atoms with E-state index in [0.29, 0.717) is 11.3 Å². The van der Waals surface area contributed by atoms with Crippen molar-refractivity contribution in [3.8, 4) is 5.75 Å². The highest BCUT2D eigenvalue weighted by atomic mass is 19.1. The molecule has 5 heteroatoms. The van der Waals surface area contributed by atoms with Crippen LogP contribution in [0.1, 0.15) is 24.5 Å². The van der Waals surface area contributed by atoms with Gasteiger partial charge in [0.15, 0.2) is 0 Å². The smallest absolute Gasteiger partial charge is 0.219 e. The third-order valence-electron chi connectivity index (χ3n) is 2.47. The molecule has 1 aromatic carbocycles. The van der Waals surface area contributed by atoms with Gasteiger partial charge >= 0.3 is 0 Å². The highest BCUT2D eigenvalue weighted by Crippen LogP contribution is 2.28. The van der Waals surface area contributed by atoms with Crippen LogP contribution in [0.5, 0.6) is 5.75 Å². The molecule has 1 rings (SSSR count). The second-order valence-electron chi connectivity index (χ2n) is 3.61. The van der Waals surface area contributed by atoms with Crippen LogP contribution in [0.4, 0.5) is 4.39 Å². The molecule has 0 fully saturated rings. The van der Waals surface area contributed by atoms with Crippen LogP contribution in [0.25, 0.3) is 0 Å². The maximum absolute atomic E-state index is 13.1. The van der Waals surface area contributed by atoms with Crippen molar-refractivity contribution >= 4 is 5.91 Å². The summed E-state index contributed by atoms with van der Waals surface area (Å²) in [5, 5.41) is 12.3. The van der Waals surface area contributed by atoms with Crippen LogP contribution in [0.2, 0.25) is 0 Å². The Balaban J connectivity index is 2.76. The van der Waals surface area contributed by atoms with E-state index >= 15 is 0 Å². The largest absolute Gasteiger partial charge is 0.496 e. The molecular weight excluding hydrogens is 225 g/mol. The monoisotopic (exact) mass is 241 g/mol. The van der Waals surface area contributed by atoms with Gasteiger partial charge in [-0.1, -0.05) is 0 Å². The molecule has 2 N–H and O–H groups in total. The van der Waals surface area contributed by atoms with Crippen LogP contribution in [0.15, 0.2) is 18.2 Å². The quantitative estimate of drug-likeness (QED) is 0.819. The average Bonchev–Trinajstić information content (AvgIpc) is 2.35. The highest BCUT2D eigenvalue weighted by Gasteiger charge is 2.15. The third kappa shape index (κ3) is 3.71. The van der Waals surface area contributed by atoms with Gasteiger partial charge in [0.2, 0.25) is 5.91 Å². The molecular formula is C12H16FNO3. The van der Waals surface area contributed by atoms with Crippen LogP contribution >= 0.6 is 0 Å². The molecule has 0 aliphatic heterocycles. The Labute approximate surface area is 99.4 Å². The lowest BCUT2D eigenvalue weighted by atomic mass is 10.0. The number of aliphatic hydroxyl groups is 1. The lowest BCUT2D eigenvalue weighted by molar-refractivity contribution is -0.121. The molecule has 0 bridgehead atoms. The first-order valence-electron chi connectivity index (χ1n) is 5.30. The van der Waals surface area contributed by atoms with E-state index in [9.17, 15) is 14.3 Å². The molecule has 0 saturated carbocycles. The molecule has 0 aliphatic carbocycles. The maximum Gasteiger partial charge on any atom is 0.219 e. The van der Waals surface area contributed by atoms with Gasteiger partial charge in [0, 0.05) is 19.0 Å². The summed E-state index contributed by atoms with van der Waals surface area (Å²) in [7, 11) is 2.97. The number of hydrogen-bond acceptors (Lipinski definition) is 3. The summed E-state index contributed by atoms with van der Waals surface area (Å²) in [6, 6.07) is 3.93. The van der Waals surface area contributed by atoms with Crippen molar-refractivity contribution in [3.63, 3.8) is 0 Å². The minimum atomic E-state index is -0.919. The molecule has 94 valence electrons. The van der Waals surface area contributed by atoms with Crippen LogP contribution in [0.3, 0.4) is 0 Å². The van der Waals surface area contributed by atoms with Crippen molar-refractivity contribution in [2.24, 2.45) is 0 Å². The Bertz CT molecular complexity index is 395. The van der Waals surface area contributed by atoms with Crippen LogP contribution in [0, 0.1) is 5.82 Å². The van der Waals surface area contributed by atoms with E-state index in [2.05, 4.69) is 5.32 Å². The lowest BCUT2D eigenvalue weighted by Crippen LogP contribution is -2.18. The van der Waals surface area contributed by atoms with Gasteiger partial charge in [-0.15, -0.1) is 0 Å². The number of amides is 1. The first-order valence-corrected chi connectivity index (χ1v) is 5.30. The van der Waals surface area contributed by atoms with E-state index in [4.69, 9.17) is 4.74 Å². The molecule has 0 radical (unpaired) electrons. The second-order valence-corrected chi connectivity index (χ2v) is 3.61. The molecule has 1 amide bonds. The number of aliphatic hydroxyl groups excluding tert-OH is 1. The minimum Gasteiger partial charge on any atom is -0.496 e. The fraction of sp³-hybridized carbons (Fsp3) is 0.417. The molecule has 4 nitrogen and oxygen atoms in total. The normalized spacial score (nSPS) is 12.0. The van der Waals surface area contributed by atoms with Crippen molar-refractivity contribution in [3.05, 3.63) is 29.6 Å². The standard InChI is InChI=1S/C12H16FNO3/c1-14-12(16)6-4-10(15)9-7-8(13)3-5-11(9)17-2/h3,5,7,10,15H,4,6H2,1-2H3,(H,14,16). The number of nitrogens with one attached hydrogen (secondary N) is 1. The van der Waals surface area contributed by atoms with E-state index in [1.165, 1.54) is 32.4 Å². The van der Waals surface area contributed by atoms with Gasteiger partial charge in [0.1, 0.15) is 11.6 Å². The van der Waals surface area contributed by atoms with Crippen molar-refractivity contribution in [1.82, 2.24) is 5.32 Å². The summed E-state index contributed by atoms with van der Waals surface area (Å²) in [5.74, 6) is -0.199. The van der Waals surface area contributed by atoms with E-state index < -0.39 is 11.9 Å². The van der Waals surface area contributed by atoms with Crippen molar-refractivity contribution < 1.29 is 19.0 Å². The van der Waals surface area contributed by atoms with E-state index in [0.717, 1.165) is 0 Å². The Morgan fingerprint density at radius 3 is 2.88 bits per heavy atom. The van der Waals surface area contributed by atoms with Crippen LogP contribution in [-0.2, 0) is 4.79 Å². The zero-order valence-corrected chi connectivity index (χ0v) is 9.87. The van der Waals surface area contributed by atoms with Gasteiger partial charge in [-0.25, -0.2) is 4.39 Å². The van der Waals surface area contributed by atoms with E-state index in [1.54, 1.807) is 0 Å². The zero-order chi connectivity index (χ0) is 12.8. The van der Waals surface area contributed by atoms with Crippen LogP contribution < -0.4 is 10.1 Å². The molecule has 0 saturated heterocycles. The van der Waals surface area contributed by atoms with Crippen molar-refractivity contribution in [1.29, 1.82) is 0 Å². The minimum absolute atomic E-state index is 0.167. The number of carbonyl (C=O) groups excluding carboxylic acids is 1. The number of hydrogen-bond donors (Lipinski definition) is 2. The fourth-order valence-corrected chi connectivity index (χ4v) is 1.51. The summed E-state index contributed by atoms with van der Waals surface area (Å²) in [5.41, 5.74) is 0.358. The second kappa shape index (κ2) is 6.20. The summed E-state index contributed by atoms with van der Waals surface area (Å²) >= 11 is 0. The number of rotatable bonds is 5. The Morgan fingerprint density at radius 1 is 1.59 bits per heavy atom. The molecule has 1 atom stereocenters. The summed E-state index contributed by atoms with van der Waals surface area (Å²) in [6.45, 7) is 0. The van der Waals surface area contributed by atoms with Gasteiger partial charge in [-0.05, 0) is 24.6 Å². The summed E-state index contributed by atoms with van der Waals surface area (Å²) < 4.78 is 18.1. The lowest BCUT2D eigenvalue weighted by Gasteiger charge is -2.14.